The summed E-state index contributed by atoms with van der Waals surface area (Å²) in [6.45, 7) is 2.96. The van der Waals surface area contributed by atoms with Crippen molar-refractivity contribution in [1.82, 2.24) is 4.72 Å². The number of esters is 1. The zero-order valence-corrected chi connectivity index (χ0v) is 15.7. The van der Waals surface area contributed by atoms with Gasteiger partial charge in [-0.05, 0) is 38.3 Å². The van der Waals surface area contributed by atoms with Gasteiger partial charge in [-0.1, -0.05) is 11.6 Å². The first kappa shape index (κ1) is 21.0. The van der Waals surface area contributed by atoms with Crippen LogP contribution in [0.25, 0.3) is 0 Å². The standard InChI is InChI=1S/C17H22N2O7S/c1-2-26-17(20)16(8-3-13-9-11-25-12-10-13)18-27(23,24)15-6-4-14(5-7-15)19(21)22/h3-7,16,18H,2,8-12H2,1H3. The van der Waals surface area contributed by atoms with E-state index in [1.807, 2.05) is 6.08 Å². The van der Waals surface area contributed by atoms with Gasteiger partial charge in [0.05, 0.1) is 29.6 Å². The molecule has 1 saturated heterocycles. The number of hydrogen-bond acceptors (Lipinski definition) is 7. The molecule has 27 heavy (non-hydrogen) atoms. The number of non-ortho nitro benzene ring substituents is 1. The summed E-state index contributed by atoms with van der Waals surface area (Å²) < 4.78 is 37.7. The lowest BCUT2D eigenvalue weighted by atomic mass is 10.0. The van der Waals surface area contributed by atoms with Crippen LogP contribution in [0.4, 0.5) is 5.69 Å². The van der Waals surface area contributed by atoms with Crippen LogP contribution in [0.5, 0.6) is 0 Å². The van der Waals surface area contributed by atoms with E-state index < -0.39 is 27.0 Å². The van der Waals surface area contributed by atoms with E-state index in [1.54, 1.807) is 6.92 Å². The molecule has 1 aliphatic rings. The van der Waals surface area contributed by atoms with Gasteiger partial charge in [-0.25, -0.2) is 8.42 Å². The third-order valence-corrected chi connectivity index (χ3v) is 5.49. The van der Waals surface area contributed by atoms with Gasteiger partial charge in [0, 0.05) is 12.1 Å². The Labute approximate surface area is 157 Å². The molecule has 1 aromatic carbocycles. The van der Waals surface area contributed by atoms with Crippen molar-refractivity contribution in [1.29, 1.82) is 0 Å². The molecule has 1 atom stereocenters. The summed E-state index contributed by atoms with van der Waals surface area (Å²) in [6.07, 6.45) is 3.47. The van der Waals surface area contributed by atoms with Crippen molar-refractivity contribution in [3.05, 3.63) is 46.0 Å². The van der Waals surface area contributed by atoms with Gasteiger partial charge in [0.2, 0.25) is 10.0 Å². The second kappa shape index (κ2) is 9.58. The molecule has 2 rings (SSSR count). The molecule has 1 N–H and O–H groups in total. The maximum Gasteiger partial charge on any atom is 0.324 e. The molecule has 1 unspecified atom stereocenters. The molecule has 0 spiro atoms. The monoisotopic (exact) mass is 398 g/mol. The molecule has 148 valence electrons. The molecule has 9 nitrogen and oxygen atoms in total. The minimum Gasteiger partial charge on any atom is -0.465 e. The van der Waals surface area contributed by atoms with Crippen LogP contribution in [0.1, 0.15) is 26.2 Å². The molecule has 0 aliphatic carbocycles. The number of rotatable bonds is 8. The number of sulfonamides is 1. The van der Waals surface area contributed by atoms with E-state index in [9.17, 15) is 23.3 Å². The summed E-state index contributed by atoms with van der Waals surface area (Å²) >= 11 is 0. The van der Waals surface area contributed by atoms with Crippen LogP contribution in [0.3, 0.4) is 0 Å². The highest BCUT2D eigenvalue weighted by atomic mass is 32.2. The van der Waals surface area contributed by atoms with Gasteiger partial charge in [-0.2, -0.15) is 4.72 Å². The fourth-order valence-electron chi connectivity index (χ4n) is 2.56. The van der Waals surface area contributed by atoms with Crippen LogP contribution in [0.2, 0.25) is 0 Å². The first-order valence-corrected chi connectivity index (χ1v) is 10.0. The third-order valence-electron chi connectivity index (χ3n) is 4.00. The van der Waals surface area contributed by atoms with Crippen molar-refractivity contribution in [2.24, 2.45) is 0 Å². The lowest BCUT2D eigenvalue weighted by Gasteiger charge is -2.18. The van der Waals surface area contributed by atoms with Crippen LogP contribution in [0.15, 0.2) is 40.8 Å². The number of carbonyl (C=O) groups excluding carboxylic acids is 1. The molecule has 0 saturated carbocycles. The fraction of sp³-hybridized carbons (Fsp3) is 0.471. The quantitative estimate of drug-likeness (QED) is 0.307. The van der Waals surface area contributed by atoms with Crippen molar-refractivity contribution in [3.63, 3.8) is 0 Å². The lowest BCUT2D eigenvalue weighted by molar-refractivity contribution is -0.384. The van der Waals surface area contributed by atoms with Crippen molar-refractivity contribution in [3.8, 4) is 0 Å². The lowest BCUT2D eigenvalue weighted by Crippen LogP contribution is -2.41. The number of carbonyl (C=O) groups is 1. The second-order valence-electron chi connectivity index (χ2n) is 5.89. The van der Waals surface area contributed by atoms with Crippen LogP contribution in [0, 0.1) is 10.1 Å². The van der Waals surface area contributed by atoms with Crippen LogP contribution in [-0.4, -0.2) is 45.2 Å². The van der Waals surface area contributed by atoms with Crippen molar-refractivity contribution in [2.75, 3.05) is 19.8 Å². The highest BCUT2D eigenvalue weighted by molar-refractivity contribution is 7.89. The number of benzene rings is 1. The summed E-state index contributed by atoms with van der Waals surface area (Å²) in [4.78, 5) is 22.1. The molecule has 1 fully saturated rings. The Morgan fingerprint density at radius 1 is 1.33 bits per heavy atom. The maximum absolute atomic E-state index is 12.6. The molecule has 0 aromatic heterocycles. The Kier molecular flexibility index (Phi) is 7.45. The van der Waals surface area contributed by atoms with Crippen LogP contribution in [-0.2, 0) is 24.3 Å². The average Bonchev–Trinajstić information content (AvgIpc) is 2.66. The highest BCUT2D eigenvalue weighted by Gasteiger charge is 2.26. The molecule has 0 radical (unpaired) electrons. The molecule has 1 aliphatic heterocycles. The van der Waals surface area contributed by atoms with Gasteiger partial charge in [-0.3, -0.25) is 14.9 Å². The normalized spacial score (nSPS) is 15.8. The first-order chi connectivity index (χ1) is 12.8. The van der Waals surface area contributed by atoms with E-state index in [1.165, 1.54) is 0 Å². The molecule has 1 aromatic rings. The van der Waals surface area contributed by atoms with E-state index in [-0.39, 0.29) is 23.6 Å². The zero-order chi connectivity index (χ0) is 19.9. The Hall–Kier alpha value is -2.30. The summed E-state index contributed by atoms with van der Waals surface area (Å²) in [6, 6.07) is 3.36. The third kappa shape index (κ3) is 6.12. The molecule has 1 heterocycles. The second-order valence-corrected chi connectivity index (χ2v) is 7.60. The summed E-state index contributed by atoms with van der Waals surface area (Å²) in [7, 11) is -4.05. The van der Waals surface area contributed by atoms with E-state index in [4.69, 9.17) is 9.47 Å². The van der Waals surface area contributed by atoms with Crippen molar-refractivity contribution >= 4 is 21.7 Å². The Balaban J connectivity index is 2.16. The number of ether oxygens (including phenoxy) is 2. The number of nitrogens with one attached hydrogen (secondary N) is 1. The first-order valence-electron chi connectivity index (χ1n) is 8.52. The molecule has 10 heteroatoms. The maximum atomic E-state index is 12.6. The minimum atomic E-state index is -4.05. The number of nitrogens with zero attached hydrogens (tertiary/aromatic N) is 1. The fourth-order valence-corrected chi connectivity index (χ4v) is 3.76. The van der Waals surface area contributed by atoms with Crippen molar-refractivity contribution < 1.29 is 27.6 Å². The number of nitro benzene ring substituents is 1. The van der Waals surface area contributed by atoms with Gasteiger partial charge in [-0.15, -0.1) is 0 Å². The predicted molar refractivity (Wildman–Crippen MR) is 96.6 cm³/mol. The van der Waals surface area contributed by atoms with Gasteiger partial charge in [0.15, 0.2) is 0 Å². The Morgan fingerprint density at radius 2 is 1.96 bits per heavy atom. The predicted octanol–water partition coefficient (Wildman–Crippen LogP) is 1.93. The summed E-state index contributed by atoms with van der Waals surface area (Å²) in [5, 5.41) is 10.7. The summed E-state index contributed by atoms with van der Waals surface area (Å²) in [5.74, 6) is -0.674. The zero-order valence-electron chi connectivity index (χ0n) is 14.9. The van der Waals surface area contributed by atoms with Gasteiger partial charge in [0.1, 0.15) is 6.04 Å². The smallest absolute Gasteiger partial charge is 0.324 e. The Morgan fingerprint density at radius 3 is 2.52 bits per heavy atom. The highest BCUT2D eigenvalue weighted by Crippen LogP contribution is 2.18. The van der Waals surface area contributed by atoms with Gasteiger partial charge in [0.25, 0.3) is 5.69 Å². The van der Waals surface area contributed by atoms with Gasteiger partial charge < -0.3 is 9.47 Å². The molecular formula is C17H22N2O7S. The topological polar surface area (TPSA) is 125 Å². The molecule has 0 bridgehead atoms. The van der Waals surface area contributed by atoms with E-state index in [0.717, 1.165) is 42.7 Å². The Bertz CT molecular complexity index is 795. The van der Waals surface area contributed by atoms with Gasteiger partial charge >= 0.3 is 5.97 Å². The van der Waals surface area contributed by atoms with E-state index >= 15 is 0 Å². The minimum absolute atomic E-state index is 0.124. The van der Waals surface area contributed by atoms with Crippen LogP contribution >= 0.6 is 0 Å². The molecular weight excluding hydrogens is 376 g/mol. The molecule has 0 amide bonds. The SMILES string of the molecule is CCOC(=O)C(CC=C1CCOCC1)NS(=O)(=O)c1ccc([N+](=O)[O-])cc1. The van der Waals surface area contributed by atoms with E-state index in [2.05, 4.69) is 4.72 Å². The van der Waals surface area contributed by atoms with E-state index in [0.29, 0.717) is 13.2 Å². The van der Waals surface area contributed by atoms with Crippen LogP contribution < -0.4 is 4.72 Å². The number of nitro groups is 1. The van der Waals surface area contributed by atoms with Crippen molar-refractivity contribution in [2.45, 2.75) is 37.1 Å². The largest absolute Gasteiger partial charge is 0.465 e. The summed E-state index contributed by atoms with van der Waals surface area (Å²) in [5.41, 5.74) is 0.880. The average molecular weight is 398 g/mol. The number of hydrogen-bond donors (Lipinski definition) is 1.